The van der Waals surface area contributed by atoms with E-state index in [0.29, 0.717) is 12.8 Å². The van der Waals surface area contributed by atoms with Gasteiger partial charge in [-0.3, -0.25) is 0 Å². The van der Waals surface area contributed by atoms with Gasteiger partial charge in [0.05, 0.1) is 24.5 Å². The van der Waals surface area contributed by atoms with Gasteiger partial charge in [-0.25, -0.2) is 17.5 Å². The van der Waals surface area contributed by atoms with Gasteiger partial charge < -0.3 is 15.2 Å². The van der Waals surface area contributed by atoms with Crippen molar-refractivity contribution in [2.45, 2.75) is 49.8 Å². The van der Waals surface area contributed by atoms with Crippen molar-refractivity contribution >= 4 is 15.7 Å². The molecule has 0 aliphatic carbocycles. The zero-order valence-corrected chi connectivity index (χ0v) is 14.1. The summed E-state index contributed by atoms with van der Waals surface area (Å²) >= 11 is 0. The van der Waals surface area contributed by atoms with Crippen LogP contribution in [0.3, 0.4) is 0 Å². The summed E-state index contributed by atoms with van der Waals surface area (Å²) in [6.07, 6.45) is 1.06. The van der Waals surface area contributed by atoms with Gasteiger partial charge in [-0.2, -0.15) is 0 Å². The summed E-state index contributed by atoms with van der Waals surface area (Å²) in [5.41, 5.74) is 0.265. The van der Waals surface area contributed by atoms with E-state index in [1.165, 1.54) is 12.1 Å². The average Bonchev–Trinajstić information content (AvgIpc) is 2.44. The molecule has 0 spiro atoms. The number of hydrogen-bond acceptors (Lipinski definition) is 5. The molecule has 1 fully saturated rings. The third-order valence-electron chi connectivity index (χ3n) is 3.68. The minimum atomic E-state index is -3.88. The molecule has 1 saturated heterocycles. The first-order valence-electron chi connectivity index (χ1n) is 7.64. The zero-order chi connectivity index (χ0) is 17.0. The van der Waals surface area contributed by atoms with E-state index in [2.05, 4.69) is 10.0 Å². The molecule has 0 amide bonds. The van der Waals surface area contributed by atoms with Gasteiger partial charge in [0.15, 0.2) is 0 Å². The Balaban J connectivity index is 2.23. The first-order valence-corrected chi connectivity index (χ1v) is 9.12. The second-order valence-corrected chi connectivity index (χ2v) is 7.52. The predicted molar refractivity (Wildman–Crippen MR) is 85.3 cm³/mol. The van der Waals surface area contributed by atoms with Crippen LogP contribution in [-0.4, -0.2) is 44.9 Å². The van der Waals surface area contributed by atoms with Crippen molar-refractivity contribution < 1.29 is 22.7 Å². The Kier molecular flexibility index (Phi) is 5.96. The minimum Gasteiger partial charge on any atom is -0.395 e. The van der Waals surface area contributed by atoms with Crippen LogP contribution in [0.2, 0.25) is 0 Å². The summed E-state index contributed by atoms with van der Waals surface area (Å²) in [6, 6.07) is 3.26. The van der Waals surface area contributed by atoms with Gasteiger partial charge in [0, 0.05) is 12.6 Å². The van der Waals surface area contributed by atoms with Crippen LogP contribution < -0.4 is 10.0 Å². The topological polar surface area (TPSA) is 87.7 Å². The summed E-state index contributed by atoms with van der Waals surface area (Å²) in [5, 5.41) is 11.7. The highest BCUT2D eigenvalue weighted by atomic mass is 32.2. The summed E-state index contributed by atoms with van der Waals surface area (Å²) in [4.78, 5) is -0.155. The molecular weight excluding hydrogens is 323 g/mol. The summed E-state index contributed by atoms with van der Waals surface area (Å²) in [6.45, 7) is 3.82. The quantitative estimate of drug-likeness (QED) is 0.726. The van der Waals surface area contributed by atoms with Crippen LogP contribution >= 0.6 is 0 Å². The van der Waals surface area contributed by atoms with Crippen LogP contribution in [-0.2, 0) is 14.8 Å². The summed E-state index contributed by atoms with van der Waals surface area (Å²) in [5.74, 6) is -0.631. The first-order chi connectivity index (χ1) is 10.8. The summed E-state index contributed by atoms with van der Waals surface area (Å²) < 4.78 is 47.0. The Morgan fingerprint density at radius 1 is 1.30 bits per heavy atom. The molecule has 3 N–H and O–H groups in total. The smallest absolute Gasteiger partial charge is 0.242 e. The van der Waals surface area contributed by atoms with E-state index in [4.69, 9.17) is 9.84 Å². The van der Waals surface area contributed by atoms with Crippen molar-refractivity contribution in [3.05, 3.63) is 24.0 Å². The van der Waals surface area contributed by atoms with Crippen LogP contribution in [0, 0.1) is 5.82 Å². The zero-order valence-electron chi connectivity index (χ0n) is 13.3. The largest absolute Gasteiger partial charge is 0.395 e. The Bertz CT molecular complexity index is 628. The number of nitrogens with one attached hydrogen (secondary N) is 2. The molecule has 2 rings (SSSR count). The van der Waals surface area contributed by atoms with Crippen LogP contribution in [0.15, 0.2) is 23.1 Å². The molecule has 0 radical (unpaired) electrons. The highest BCUT2D eigenvalue weighted by Gasteiger charge is 2.29. The molecule has 1 aliphatic rings. The van der Waals surface area contributed by atoms with E-state index in [1.54, 1.807) is 0 Å². The Hall–Kier alpha value is -1.22. The molecule has 8 heteroatoms. The van der Waals surface area contributed by atoms with E-state index >= 15 is 0 Å². The Labute approximate surface area is 136 Å². The van der Waals surface area contributed by atoms with Gasteiger partial charge in [-0.1, -0.05) is 0 Å². The molecule has 0 aromatic heterocycles. The Morgan fingerprint density at radius 2 is 1.96 bits per heavy atom. The lowest BCUT2D eigenvalue weighted by Crippen LogP contribution is -2.44. The highest BCUT2D eigenvalue weighted by molar-refractivity contribution is 7.89. The number of halogens is 1. The monoisotopic (exact) mass is 346 g/mol. The predicted octanol–water partition coefficient (Wildman–Crippen LogP) is 1.46. The van der Waals surface area contributed by atoms with Crippen molar-refractivity contribution in [3.63, 3.8) is 0 Å². The molecule has 1 aliphatic heterocycles. The lowest BCUT2D eigenvalue weighted by atomic mass is 10.0. The molecule has 23 heavy (non-hydrogen) atoms. The normalized spacial score (nSPS) is 25.3. The van der Waals surface area contributed by atoms with E-state index in [1.807, 2.05) is 13.8 Å². The van der Waals surface area contributed by atoms with Crippen molar-refractivity contribution in [3.8, 4) is 0 Å². The van der Waals surface area contributed by atoms with Gasteiger partial charge in [0.25, 0.3) is 0 Å². The first kappa shape index (κ1) is 18.1. The second kappa shape index (κ2) is 7.57. The third kappa shape index (κ3) is 4.87. The molecule has 130 valence electrons. The van der Waals surface area contributed by atoms with Crippen molar-refractivity contribution in [1.82, 2.24) is 4.72 Å². The number of rotatable bonds is 6. The van der Waals surface area contributed by atoms with Crippen LogP contribution in [0.25, 0.3) is 0 Å². The van der Waals surface area contributed by atoms with E-state index in [9.17, 15) is 12.8 Å². The number of benzene rings is 1. The van der Waals surface area contributed by atoms with E-state index < -0.39 is 15.8 Å². The van der Waals surface area contributed by atoms with Crippen LogP contribution in [0.4, 0.5) is 10.1 Å². The van der Waals surface area contributed by atoms with Crippen LogP contribution in [0.1, 0.15) is 26.7 Å². The number of sulfonamides is 1. The number of hydrogen-bond donors (Lipinski definition) is 3. The molecule has 0 bridgehead atoms. The minimum absolute atomic E-state index is 0.0362. The SMILES string of the molecule is CC1CC(NS(=O)(=O)c2cc(F)ccc2NCCO)CC(C)O1. The van der Waals surface area contributed by atoms with Gasteiger partial charge in [0.2, 0.25) is 10.0 Å². The molecule has 1 aromatic rings. The molecule has 0 saturated carbocycles. The maximum Gasteiger partial charge on any atom is 0.242 e. The number of ether oxygens (including phenoxy) is 1. The van der Waals surface area contributed by atoms with Crippen molar-refractivity contribution in [2.75, 3.05) is 18.5 Å². The lowest BCUT2D eigenvalue weighted by Gasteiger charge is -2.32. The fourth-order valence-electron chi connectivity index (χ4n) is 2.84. The molecule has 2 unspecified atom stereocenters. The van der Waals surface area contributed by atoms with Gasteiger partial charge >= 0.3 is 0 Å². The lowest BCUT2D eigenvalue weighted by molar-refractivity contribution is -0.0388. The maximum absolute atomic E-state index is 13.5. The average molecular weight is 346 g/mol. The summed E-state index contributed by atoms with van der Waals surface area (Å²) in [7, 11) is -3.88. The highest BCUT2D eigenvalue weighted by Crippen LogP contribution is 2.25. The van der Waals surface area contributed by atoms with Gasteiger partial charge in [-0.15, -0.1) is 0 Å². The molecule has 2 atom stereocenters. The third-order valence-corrected chi connectivity index (χ3v) is 5.24. The fraction of sp³-hybridized carbons (Fsp3) is 0.600. The van der Waals surface area contributed by atoms with Gasteiger partial charge in [0.1, 0.15) is 10.7 Å². The number of aliphatic hydroxyl groups excluding tert-OH is 1. The Morgan fingerprint density at radius 3 is 2.57 bits per heavy atom. The van der Waals surface area contributed by atoms with Crippen molar-refractivity contribution in [2.24, 2.45) is 0 Å². The van der Waals surface area contributed by atoms with Crippen LogP contribution in [0.5, 0.6) is 0 Å². The molecule has 1 heterocycles. The number of aliphatic hydroxyl groups is 1. The standard InChI is InChI=1S/C15H23FN2O4S/c1-10-7-13(8-11(2)22-10)18-23(20,21)15-9-12(16)3-4-14(15)17-5-6-19/h3-4,9-11,13,17-19H,5-8H2,1-2H3. The molecule has 1 aromatic carbocycles. The van der Waals surface area contributed by atoms with Crippen molar-refractivity contribution in [1.29, 1.82) is 0 Å². The molecule has 6 nitrogen and oxygen atoms in total. The van der Waals surface area contributed by atoms with Gasteiger partial charge in [-0.05, 0) is 44.9 Å². The fourth-order valence-corrected chi connectivity index (χ4v) is 4.30. The maximum atomic E-state index is 13.5. The number of anilines is 1. The second-order valence-electron chi connectivity index (χ2n) is 5.84. The van der Waals surface area contributed by atoms with E-state index in [-0.39, 0.29) is 42.0 Å². The molecular formula is C15H23FN2O4S. The van der Waals surface area contributed by atoms with E-state index in [0.717, 1.165) is 6.07 Å².